The molecule has 4 aliphatic rings. The van der Waals surface area contributed by atoms with Crippen LogP contribution in [0.2, 0.25) is 0 Å². The van der Waals surface area contributed by atoms with Gasteiger partial charge in [-0.25, -0.2) is 0 Å². The molecule has 4 rings (SSSR count). The number of aliphatic hydroxyl groups excluding tert-OH is 2. The summed E-state index contributed by atoms with van der Waals surface area (Å²) in [7, 11) is 0. The van der Waals surface area contributed by atoms with Crippen molar-refractivity contribution in [3.63, 3.8) is 0 Å². The van der Waals surface area contributed by atoms with Gasteiger partial charge in [-0.05, 0) is 112 Å². The SMILES string of the molecule is CCN(CC)CC(=O)OCCCC12CC3CC(CCCO)(CC(CCCO)(C3)C1)C2. The zero-order valence-corrected chi connectivity index (χ0v) is 19.5. The number of carbonyl (C=O) groups is 1. The quantitative estimate of drug-likeness (QED) is 0.324. The minimum atomic E-state index is -0.0944. The lowest BCUT2D eigenvalue weighted by atomic mass is 9.37. The number of esters is 1. The van der Waals surface area contributed by atoms with Gasteiger partial charge in [0.1, 0.15) is 0 Å². The second-order valence-electron chi connectivity index (χ2n) is 10.9. The van der Waals surface area contributed by atoms with Gasteiger partial charge in [-0.15, -0.1) is 0 Å². The van der Waals surface area contributed by atoms with Crippen molar-refractivity contribution in [3.05, 3.63) is 0 Å². The molecule has 4 bridgehead atoms. The van der Waals surface area contributed by atoms with Gasteiger partial charge in [0.05, 0.1) is 13.2 Å². The van der Waals surface area contributed by atoms with Crippen LogP contribution in [0, 0.1) is 22.2 Å². The van der Waals surface area contributed by atoms with Crippen molar-refractivity contribution in [1.29, 1.82) is 0 Å². The number of rotatable bonds is 14. The van der Waals surface area contributed by atoms with Gasteiger partial charge in [0.15, 0.2) is 0 Å². The third-order valence-electron chi connectivity index (χ3n) is 8.51. The Kier molecular flexibility index (Phi) is 8.25. The fourth-order valence-corrected chi connectivity index (χ4v) is 8.11. The largest absolute Gasteiger partial charge is 0.465 e. The fourth-order valence-electron chi connectivity index (χ4n) is 8.11. The Morgan fingerprint density at radius 3 is 1.77 bits per heavy atom. The summed E-state index contributed by atoms with van der Waals surface area (Å²) in [6.07, 6.45) is 14.2. The molecule has 2 N–H and O–H groups in total. The Balaban J connectivity index is 1.59. The fraction of sp³-hybridized carbons (Fsp3) is 0.960. The maximum atomic E-state index is 12.1. The smallest absolute Gasteiger partial charge is 0.320 e. The summed E-state index contributed by atoms with van der Waals surface area (Å²) in [6, 6.07) is 0. The van der Waals surface area contributed by atoms with Gasteiger partial charge < -0.3 is 14.9 Å². The number of carbonyl (C=O) groups excluding carboxylic acids is 1. The first-order valence-corrected chi connectivity index (χ1v) is 12.5. The summed E-state index contributed by atoms with van der Waals surface area (Å²) in [4.78, 5) is 14.2. The molecule has 4 saturated carbocycles. The monoisotopic (exact) mass is 423 g/mol. The number of nitrogens with zero attached hydrogens (tertiary/aromatic N) is 1. The van der Waals surface area contributed by atoms with Gasteiger partial charge in [-0.2, -0.15) is 0 Å². The number of likely N-dealkylation sites (N-methyl/N-ethyl adjacent to an activating group) is 1. The molecule has 0 heterocycles. The van der Waals surface area contributed by atoms with Crippen LogP contribution in [0.4, 0.5) is 0 Å². The summed E-state index contributed by atoms with van der Waals surface area (Å²) in [5, 5.41) is 19.0. The van der Waals surface area contributed by atoms with E-state index in [4.69, 9.17) is 4.74 Å². The van der Waals surface area contributed by atoms with Crippen molar-refractivity contribution in [3.8, 4) is 0 Å². The summed E-state index contributed by atoms with van der Waals surface area (Å²) in [6.45, 7) is 7.43. The van der Waals surface area contributed by atoms with E-state index in [1.807, 2.05) is 0 Å². The highest BCUT2D eigenvalue weighted by Crippen LogP contribution is 2.72. The van der Waals surface area contributed by atoms with Crippen LogP contribution in [0.3, 0.4) is 0 Å². The molecule has 0 aromatic heterocycles. The summed E-state index contributed by atoms with van der Waals surface area (Å²) in [5.74, 6) is 0.715. The zero-order valence-electron chi connectivity index (χ0n) is 19.5. The maximum absolute atomic E-state index is 12.1. The molecule has 5 heteroatoms. The lowest BCUT2D eigenvalue weighted by Crippen LogP contribution is -2.57. The highest BCUT2D eigenvalue weighted by atomic mass is 16.5. The Bertz CT molecular complexity index is 537. The second kappa shape index (κ2) is 10.3. The Morgan fingerprint density at radius 2 is 1.33 bits per heavy atom. The van der Waals surface area contributed by atoms with E-state index in [-0.39, 0.29) is 5.97 Å². The molecule has 4 aliphatic carbocycles. The van der Waals surface area contributed by atoms with E-state index in [0.29, 0.717) is 42.6 Å². The topological polar surface area (TPSA) is 70.0 Å². The first-order valence-electron chi connectivity index (χ1n) is 12.5. The molecule has 5 nitrogen and oxygen atoms in total. The molecule has 174 valence electrons. The maximum Gasteiger partial charge on any atom is 0.320 e. The molecular weight excluding hydrogens is 378 g/mol. The van der Waals surface area contributed by atoms with Crippen LogP contribution in [0.1, 0.15) is 90.9 Å². The average Bonchev–Trinajstić information content (AvgIpc) is 2.71. The van der Waals surface area contributed by atoms with Crippen molar-refractivity contribution in [2.75, 3.05) is 39.5 Å². The van der Waals surface area contributed by atoms with Crippen LogP contribution in [-0.4, -0.2) is 60.5 Å². The standard InChI is InChI=1S/C25H45NO4/c1-3-26(4-2)17-22(29)30-13-7-10-25-16-21-14-23(19-25,8-5-11-27)18-24(15-21,20-25)9-6-12-28/h21,27-28H,3-20H2,1-2H3. The van der Waals surface area contributed by atoms with Crippen LogP contribution in [0.15, 0.2) is 0 Å². The summed E-state index contributed by atoms with van der Waals surface area (Å²) in [5.41, 5.74) is 1.18. The number of aliphatic hydroxyl groups is 2. The molecule has 0 spiro atoms. The normalized spacial score (nSPS) is 34.6. The first kappa shape index (κ1) is 24.0. The molecule has 2 atom stereocenters. The van der Waals surface area contributed by atoms with E-state index in [2.05, 4.69) is 18.7 Å². The molecule has 4 fully saturated rings. The van der Waals surface area contributed by atoms with Gasteiger partial charge in [0.25, 0.3) is 0 Å². The van der Waals surface area contributed by atoms with Crippen molar-refractivity contribution >= 4 is 5.97 Å². The van der Waals surface area contributed by atoms with Crippen molar-refractivity contribution < 1.29 is 19.7 Å². The minimum absolute atomic E-state index is 0.0944. The minimum Gasteiger partial charge on any atom is -0.465 e. The Hall–Kier alpha value is -0.650. The van der Waals surface area contributed by atoms with E-state index in [1.165, 1.54) is 38.5 Å². The van der Waals surface area contributed by atoms with Crippen molar-refractivity contribution in [1.82, 2.24) is 4.90 Å². The highest BCUT2D eigenvalue weighted by molar-refractivity contribution is 5.71. The van der Waals surface area contributed by atoms with Gasteiger partial charge in [-0.1, -0.05) is 13.8 Å². The lowest BCUT2D eigenvalue weighted by Gasteiger charge is -2.67. The first-order chi connectivity index (χ1) is 14.4. The predicted molar refractivity (Wildman–Crippen MR) is 119 cm³/mol. The molecule has 0 aromatic carbocycles. The second-order valence-corrected chi connectivity index (χ2v) is 10.9. The van der Waals surface area contributed by atoms with E-state index in [0.717, 1.165) is 57.5 Å². The van der Waals surface area contributed by atoms with Gasteiger partial charge >= 0.3 is 5.97 Å². The van der Waals surface area contributed by atoms with Crippen LogP contribution < -0.4 is 0 Å². The van der Waals surface area contributed by atoms with E-state index in [1.54, 1.807) is 0 Å². The molecule has 0 radical (unpaired) electrons. The van der Waals surface area contributed by atoms with Gasteiger partial charge in [0.2, 0.25) is 0 Å². The Labute approximate surface area is 183 Å². The van der Waals surface area contributed by atoms with E-state index < -0.39 is 0 Å². The zero-order chi connectivity index (χ0) is 21.7. The molecule has 0 aliphatic heterocycles. The number of hydrogen-bond donors (Lipinski definition) is 2. The van der Waals surface area contributed by atoms with Gasteiger partial charge in [0, 0.05) is 13.2 Å². The molecule has 0 amide bonds. The molecule has 2 unspecified atom stereocenters. The summed E-state index contributed by atoms with van der Waals surface area (Å²) >= 11 is 0. The van der Waals surface area contributed by atoms with E-state index in [9.17, 15) is 15.0 Å². The van der Waals surface area contributed by atoms with E-state index >= 15 is 0 Å². The molecule has 30 heavy (non-hydrogen) atoms. The Morgan fingerprint density at radius 1 is 0.867 bits per heavy atom. The summed E-state index contributed by atoms with van der Waals surface area (Å²) < 4.78 is 5.57. The van der Waals surface area contributed by atoms with Crippen LogP contribution in [-0.2, 0) is 9.53 Å². The van der Waals surface area contributed by atoms with Crippen molar-refractivity contribution in [2.45, 2.75) is 90.9 Å². The molecule has 0 aromatic rings. The lowest BCUT2D eigenvalue weighted by molar-refractivity contribution is -0.171. The van der Waals surface area contributed by atoms with Crippen LogP contribution in [0.5, 0.6) is 0 Å². The molecule has 0 saturated heterocycles. The average molecular weight is 424 g/mol. The number of hydrogen-bond acceptors (Lipinski definition) is 5. The highest BCUT2D eigenvalue weighted by Gasteiger charge is 2.61. The number of ether oxygens (including phenoxy) is 1. The predicted octanol–water partition coefficient (Wildman–Crippen LogP) is 4.15. The van der Waals surface area contributed by atoms with Crippen LogP contribution in [0.25, 0.3) is 0 Å². The van der Waals surface area contributed by atoms with Crippen molar-refractivity contribution in [2.24, 2.45) is 22.2 Å². The van der Waals surface area contributed by atoms with Gasteiger partial charge in [-0.3, -0.25) is 9.69 Å². The molecular formula is C25H45NO4. The van der Waals surface area contributed by atoms with Crippen LogP contribution >= 0.6 is 0 Å². The third kappa shape index (κ3) is 5.58. The third-order valence-corrected chi connectivity index (χ3v) is 8.51.